The first-order chi connectivity index (χ1) is 8.83. The minimum atomic E-state index is 0.735. The molecule has 2 rings (SSSR count). The Labute approximate surface area is 118 Å². The van der Waals surface area contributed by atoms with Crippen molar-refractivity contribution in [3.8, 4) is 0 Å². The van der Waals surface area contributed by atoms with Gasteiger partial charge in [-0.25, -0.2) is 4.68 Å². The Balaban J connectivity index is 1.91. The summed E-state index contributed by atoms with van der Waals surface area (Å²) < 4.78 is 3.83. The summed E-state index contributed by atoms with van der Waals surface area (Å²) in [5.41, 5.74) is 0. The second kappa shape index (κ2) is 7.05. The quantitative estimate of drug-likeness (QED) is 0.727. The van der Waals surface area contributed by atoms with E-state index in [1.54, 1.807) is 34.9 Å². The summed E-state index contributed by atoms with van der Waals surface area (Å²) in [7, 11) is 0. The van der Waals surface area contributed by atoms with Crippen molar-refractivity contribution in [2.24, 2.45) is 0 Å². The van der Waals surface area contributed by atoms with E-state index >= 15 is 0 Å². The van der Waals surface area contributed by atoms with Gasteiger partial charge in [-0.2, -0.15) is 0 Å². The van der Waals surface area contributed by atoms with Gasteiger partial charge in [-0.1, -0.05) is 48.7 Å². The molecule has 0 spiro atoms. The van der Waals surface area contributed by atoms with Crippen molar-refractivity contribution < 1.29 is 0 Å². The molecule has 0 N–H and O–H groups in total. The van der Waals surface area contributed by atoms with Crippen molar-refractivity contribution in [1.29, 1.82) is 0 Å². The first-order valence-electron chi connectivity index (χ1n) is 5.67. The van der Waals surface area contributed by atoms with Gasteiger partial charge in [-0.3, -0.25) is 0 Å². The van der Waals surface area contributed by atoms with Crippen molar-refractivity contribution in [2.75, 3.05) is 5.75 Å². The Kier molecular flexibility index (Phi) is 5.39. The molecule has 0 aliphatic rings. The van der Waals surface area contributed by atoms with Crippen LogP contribution in [0.25, 0.3) is 0 Å². The number of hydrogen-bond acceptors (Lipinski definition) is 8. The molecule has 2 aromatic rings. The fraction of sp³-hybridized carbons (Fsp3) is 0.667. The smallest absolute Gasteiger partial charge is 0.175 e. The van der Waals surface area contributed by atoms with E-state index in [1.807, 2.05) is 4.68 Å². The predicted molar refractivity (Wildman–Crippen MR) is 74.0 cm³/mol. The molecule has 0 atom stereocenters. The van der Waals surface area contributed by atoms with Crippen molar-refractivity contribution >= 4 is 34.9 Å². The number of hydrogen-bond donors (Lipinski definition) is 0. The summed E-state index contributed by atoms with van der Waals surface area (Å²) in [4.78, 5) is 0. The van der Waals surface area contributed by atoms with E-state index in [2.05, 4.69) is 39.6 Å². The Morgan fingerprint density at radius 1 is 1.11 bits per heavy atom. The largest absolute Gasteiger partial charge is 0.229 e. The van der Waals surface area contributed by atoms with Crippen LogP contribution in [-0.2, 0) is 12.3 Å². The fourth-order valence-corrected chi connectivity index (χ4v) is 4.13. The molecule has 2 aromatic heterocycles. The molecule has 98 valence electrons. The van der Waals surface area contributed by atoms with Gasteiger partial charge in [-0.15, -0.1) is 15.3 Å². The molecule has 9 heteroatoms. The van der Waals surface area contributed by atoms with Crippen molar-refractivity contribution in [1.82, 2.24) is 30.4 Å². The van der Waals surface area contributed by atoms with Gasteiger partial charge in [0.2, 0.25) is 0 Å². The van der Waals surface area contributed by atoms with Crippen LogP contribution < -0.4 is 0 Å². The van der Waals surface area contributed by atoms with Crippen molar-refractivity contribution in [2.45, 2.75) is 41.2 Å². The molecule has 0 unspecified atom stereocenters. The summed E-state index contributed by atoms with van der Waals surface area (Å²) in [6.45, 7) is 5.07. The molecule has 0 saturated heterocycles. The van der Waals surface area contributed by atoms with E-state index in [0.717, 1.165) is 39.0 Å². The van der Waals surface area contributed by atoms with Gasteiger partial charge in [-0.05, 0) is 22.6 Å². The lowest BCUT2D eigenvalue weighted by Crippen LogP contribution is -2.04. The number of nitrogens with zero attached hydrogens (tertiary/aromatic N) is 6. The lowest BCUT2D eigenvalue weighted by atomic mass is 10.5. The van der Waals surface area contributed by atoms with Gasteiger partial charge in [0.15, 0.2) is 14.5 Å². The standard InChI is InChI=1S/C9H14N6S3/c1-3-5-15-7(10-13-14-15)6-17-9-12-11-8(18-9)16-4-2/h3-6H2,1-2H3. The van der Waals surface area contributed by atoms with Crippen molar-refractivity contribution in [3.63, 3.8) is 0 Å². The molecule has 0 aliphatic carbocycles. The topological polar surface area (TPSA) is 69.4 Å². The maximum Gasteiger partial charge on any atom is 0.175 e. The lowest BCUT2D eigenvalue weighted by Gasteiger charge is -2.00. The van der Waals surface area contributed by atoms with Crippen LogP contribution in [0.5, 0.6) is 0 Å². The van der Waals surface area contributed by atoms with Crippen LogP contribution in [0.2, 0.25) is 0 Å². The molecule has 0 saturated carbocycles. The third kappa shape index (κ3) is 3.66. The van der Waals surface area contributed by atoms with E-state index in [9.17, 15) is 0 Å². The number of aryl methyl sites for hydroxylation is 1. The van der Waals surface area contributed by atoms with E-state index in [1.165, 1.54) is 0 Å². The second-order valence-corrected chi connectivity index (χ2v) is 7.08. The third-order valence-electron chi connectivity index (χ3n) is 2.02. The maximum atomic E-state index is 4.14. The van der Waals surface area contributed by atoms with Gasteiger partial charge >= 0.3 is 0 Å². The molecular weight excluding hydrogens is 288 g/mol. The second-order valence-electron chi connectivity index (χ2n) is 3.37. The first kappa shape index (κ1) is 13.8. The van der Waals surface area contributed by atoms with Gasteiger partial charge in [0.25, 0.3) is 0 Å². The highest BCUT2D eigenvalue weighted by atomic mass is 32.2. The maximum absolute atomic E-state index is 4.14. The minimum absolute atomic E-state index is 0.735. The lowest BCUT2D eigenvalue weighted by molar-refractivity contribution is 0.564. The van der Waals surface area contributed by atoms with Crippen LogP contribution in [0.4, 0.5) is 0 Å². The summed E-state index contributed by atoms with van der Waals surface area (Å²) in [6, 6.07) is 0. The molecule has 0 aromatic carbocycles. The summed E-state index contributed by atoms with van der Waals surface area (Å²) in [5.74, 6) is 2.65. The average Bonchev–Trinajstić information content (AvgIpc) is 2.97. The van der Waals surface area contributed by atoms with Gasteiger partial charge in [0, 0.05) is 6.54 Å². The Bertz CT molecular complexity index is 482. The van der Waals surface area contributed by atoms with E-state index in [0.29, 0.717) is 0 Å². The fourth-order valence-electron chi connectivity index (χ4n) is 1.28. The predicted octanol–water partition coefficient (Wildman–Crippen LogP) is 2.34. The summed E-state index contributed by atoms with van der Waals surface area (Å²) in [6.07, 6.45) is 1.03. The summed E-state index contributed by atoms with van der Waals surface area (Å²) >= 11 is 4.97. The first-order valence-corrected chi connectivity index (χ1v) is 8.46. The van der Waals surface area contributed by atoms with Crippen LogP contribution in [0.1, 0.15) is 26.1 Å². The van der Waals surface area contributed by atoms with E-state index in [4.69, 9.17) is 0 Å². The van der Waals surface area contributed by atoms with Crippen molar-refractivity contribution in [3.05, 3.63) is 5.82 Å². The SMILES string of the molecule is CCCn1nnnc1CSc1nnc(SCC)s1. The number of tetrazole rings is 1. The molecule has 0 fully saturated rings. The number of thioether (sulfide) groups is 2. The molecule has 0 amide bonds. The van der Waals surface area contributed by atoms with Crippen LogP contribution in [0, 0.1) is 0 Å². The normalized spacial score (nSPS) is 11.0. The van der Waals surface area contributed by atoms with Gasteiger partial charge in [0.05, 0.1) is 5.75 Å². The summed E-state index contributed by atoms with van der Waals surface area (Å²) in [5, 5.41) is 19.9. The highest BCUT2D eigenvalue weighted by Crippen LogP contribution is 2.29. The molecule has 2 heterocycles. The molecule has 0 radical (unpaired) electrons. The van der Waals surface area contributed by atoms with Gasteiger partial charge < -0.3 is 0 Å². The highest BCUT2D eigenvalue weighted by molar-refractivity contribution is 8.02. The Hall–Kier alpha value is -0.670. The molecule has 0 bridgehead atoms. The average molecular weight is 302 g/mol. The number of aromatic nitrogens is 6. The Morgan fingerprint density at radius 3 is 2.61 bits per heavy atom. The minimum Gasteiger partial charge on any atom is -0.229 e. The molecular formula is C9H14N6S3. The van der Waals surface area contributed by atoms with E-state index in [-0.39, 0.29) is 0 Å². The third-order valence-corrected chi connectivity index (χ3v) is 5.09. The van der Waals surface area contributed by atoms with Gasteiger partial charge in [0.1, 0.15) is 0 Å². The number of rotatable bonds is 7. The molecule has 0 aliphatic heterocycles. The van der Waals surface area contributed by atoms with E-state index < -0.39 is 0 Å². The Morgan fingerprint density at radius 2 is 1.89 bits per heavy atom. The zero-order valence-corrected chi connectivity index (χ0v) is 12.7. The molecule has 18 heavy (non-hydrogen) atoms. The highest BCUT2D eigenvalue weighted by Gasteiger charge is 2.09. The van der Waals surface area contributed by atoms with Crippen LogP contribution in [0.3, 0.4) is 0 Å². The zero-order chi connectivity index (χ0) is 12.8. The van der Waals surface area contributed by atoms with Crippen LogP contribution >= 0.6 is 34.9 Å². The monoisotopic (exact) mass is 302 g/mol. The van der Waals surface area contributed by atoms with Crippen LogP contribution in [-0.4, -0.2) is 36.2 Å². The zero-order valence-electron chi connectivity index (χ0n) is 10.2. The molecule has 6 nitrogen and oxygen atoms in total. The van der Waals surface area contributed by atoms with Crippen LogP contribution in [0.15, 0.2) is 8.68 Å².